The lowest BCUT2D eigenvalue weighted by atomic mass is 10.0. The Hall–Kier alpha value is -2.05. The Labute approximate surface area is 140 Å². The van der Waals surface area contributed by atoms with Crippen molar-refractivity contribution in [2.75, 3.05) is 19.8 Å². The van der Waals surface area contributed by atoms with Crippen LogP contribution in [0.4, 0.5) is 0 Å². The van der Waals surface area contributed by atoms with E-state index in [2.05, 4.69) is 5.32 Å². The highest BCUT2D eigenvalue weighted by molar-refractivity contribution is 6.07. The summed E-state index contributed by atoms with van der Waals surface area (Å²) >= 11 is 0. The Balaban J connectivity index is 1.88. The molecule has 3 rings (SSSR count). The summed E-state index contributed by atoms with van der Waals surface area (Å²) in [6.07, 6.45) is 2.42. The molecule has 1 aromatic carbocycles. The molecule has 0 aliphatic heterocycles. The average Bonchev–Trinajstić information content (AvgIpc) is 3.33. The number of hydrogen-bond donors (Lipinski definition) is 3. The Morgan fingerprint density at radius 3 is 2.71 bits per heavy atom. The summed E-state index contributed by atoms with van der Waals surface area (Å²) in [6, 6.07) is 5.43. The van der Waals surface area contributed by atoms with Gasteiger partial charge in [-0.3, -0.25) is 4.79 Å². The minimum Gasteiger partial charge on any atom is -0.493 e. The molecule has 0 spiro atoms. The third-order valence-electron chi connectivity index (χ3n) is 4.36. The number of fused-ring (bicyclic) bond motifs is 1. The molecule has 6 heteroatoms. The second-order valence-corrected chi connectivity index (χ2v) is 6.78. The van der Waals surface area contributed by atoms with Crippen LogP contribution in [0.25, 0.3) is 11.0 Å². The van der Waals surface area contributed by atoms with E-state index in [4.69, 9.17) is 9.15 Å². The first kappa shape index (κ1) is 16.8. The van der Waals surface area contributed by atoms with Gasteiger partial charge in [0, 0.05) is 5.39 Å². The first-order valence-electron chi connectivity index (χ1n) is 8.16. The standard InChI is InChI=1S/C18H23NO5/c1-11-16(17(22)19-18(2,9-20)10-21)14-7-13(5-6-15(14)24-11)23-8-12-3-4-12/h5-7,12,20-21H,3-4,8-10H2,1-2H3,(H,19,22). The molecule has 6 nitrogen and oxygen atoms in total. The molecular formula is C18H23NO5. The van der Waals surface area contributed by atoms with Gasteiger partial charge in [-0.05, 0) is 50.8 Å². The molecule has 24 heavy (non-hydrogen) atoms. The third kappa shape index (κ3) is 3.39. The fourth-order valence-electron chi connectivity index (χ4n) is 2.54. The van der Waals surface area contributed by atoms with E-state index in [1.54, 1.807) is 26.0 Å². The molecule has 0 atom stereocenters. The van der Waals surface area contributed by atoms with Crippen LogP contribution in [0.3, 0.4) is 0 Å². The highest BCUT2D eigenvalue weighted by Gasteiger charge is 2.28. The predicted octanol–water partition coefficient (Wildman–Crippen LogP) is 2.00. The maximum atomic E-state index is 12.6. The number of amides is 1. The second kappa shape index (κ2) is 6.45. The molecule has 0 radical (unpaired) electrons. The molecule has 130 valence electrons. The molecule has 2 aromatic rings. The summed E-state index contributed by atoms with van der Waals surface area (Å²) in [5, 5.41) is 22.1. The number of nitrogens with one attached hydrogen (secondary N) is 1. The first-order valence-corrected chi connectivity index (χ1v) is 8.16. The van der Waals surface area contributed by atoms with E-state index in [-0.39, 0.29) is 13.2 Å². The predicted molar refractivity (Wildman–Crippen MR) is 89.2 cm³/mol. The largest absolute Gasteiger partial charge is 0.493 e. The minimum atomic E-state index is -1.09. The van der Waals surface area contributed by atoms with Crippen LogP contribution in [0.2, 0.25) is 0 Å². The number of hydrogen-bond acceptors (Lipinski definition) is 5. The van der Waals surface area contributed by atoms with E-state index >= 15 is 0 Å². The molecule has 1 aliphatic rings. The summed E-state index contributed by atoms with van der Waals surface area (Å²) in [4.78, 5) is 12.6. The Bertz CT molecular complexity index is 743. The van der Waals surface area contributed by atoms with Crippen molar-refractivity contribution in [1.29, 1.82) is 0 Å². The van der Waals surface area contributed by atoms with E-state index < -0.39 is 11.4 Å². The summed E-state index contributed by atoms with van der Waals surface area (Å²) in [5.41, 5.74) is -0.0890. The average molecular weight is 333 g/mol. The van der Waals surface area contributed by atoms with Crippen molar-refractivity contribution in [3.63, 3.8) is 0 Å². The molecule has 1 saturated carbocycles. The lowest BCUT2D eigenvalue weighted by molar-refractivity contribution is 0.0723. The summed E-state index contributed by atoms with van der Waals surface area (Å²) in [7, 11) is 0. The summed E-state index contributed by atoms with van der Waals surface area (Å²) in [5.74, 6) is 1.44. The van der Waals surface area contributed by atoms with Crippen LogP contribution in [0.1, 0.15) is 35.9 Å². The third-order valence-corrected chi connectivity index (χ3v) is 4.36. The maximum absolute atomic E-state index is 12.6. The van der Waals surface area contributed by atoms with E-state index in [0.29, 0.717) is 40.6 Å². The number of furan rings is 1. The molecule has 1 fully saturated rings. The molecular weight excluding hydrogens is 310 g/mol. The number of aryl methyl sites for hydroxylation is 1. The van der Waals surface area contributed by atoms with Crippen LogP contribution in [-0.4, -0.2) is 41.5 Å². The Morgan fingerprint density at radius 1 is 1.38 bits per heavy atom. The van der Waals surface area contributed by atoms with Crippen molar-refractivity contribution in [1.82, 2.24) is 5.32 Å². The van der Waals surface area contributed by atoms with Gasteiger partial charge in [0.2, 0.25) is 0 Å². The van der Waals surface area contributed by atoms with Crippen molar-refractivity contribution in [3.8, 4) is 5.75 Å². The number of aliphatic hydroxyl groups is 2. The smallest absolute Gasteiger partial charge is 0.256 e. The van der Waals surface area contributed by atoms with Gasteiger partial charge in [-0.2, -0.15) is 0 Å². The molecule has 1 heterocycles. The molecule has 0 bridgehead atoms. The fourth-order valence-corrected chi connectivity index (χ4v) is 2.54. The van der Waals surface area contributed by atoms with Gasteiger partial charge >= 0.3 is 0 Å². The van der Waals surface area contributed by atoms with Crippen molar-refractivity contribution in [2.24, 2.45) is 5.92 Å². The quantitative estimate of drug-likeness (QED) is 0.721. The number of aliphatic hydroxyl groups excluding tert-OH is 2. The van der Waals surface area contributed by atoms with E-state index in [0.717, 1.165) is 0 Å². The molecule has 1 amide bonds. The molecule has 1 aromatic heterocycles. The lowest BCUT2D eigenvalue weighted by Gasteiger charge is -2.26. The van der Waals surface area contributed by atoms with Gasteiger partial charge in [-0.15, -0.1) is 0 Å². The van der Waals surface area contributed by atoms with Crippen molar-refractivity contribution in [2.45, 2.75) is 32.2 Å². The van der Waals surface area contributed by atoms with Crippen molar-refractivity contribution >= 4 is 16.9 Å². The first-order chi connectivity index (χ1) is 11.5. The summed E-state index contributed by atoms with van der Waals surface area (Å²) in [6.45, 7) is 3.26. The van der Waals surface area contributed by atoms with Crippen LogP contribution in [0.15, 0.2) is 22.6 Å². The Morgan fingerprint density at radius 2 is 2.08 bits per heavy atom. The van der Waals surface area contributed by atoms with Gasteiger partial charge in [0.1, 0.15) is 17.1 Å². The fraction of sp³-hybridized carbons (Fsp3) is 0.500. The van der Waals surface area contributed by atoms with E-state index in [1.165, 1.54) is 12.8 Å². The maximum Gasteiger partial charge on any atom is 0.256 e. The van der Waals surface area contributed by atoms with Gasteiger partial charge in [0.25, 0.3) is 5.91 Å². The number of carbonyl (C=O) groups excluding carboxylic acids is 1. The lowest BCUT2D eigenvalue weighted by Crippen LogP contribution is -2.51. The highest BCUT2D eigenvalue weighted by Crippen LogP contribution is 2.32. The Kier molecular flexibility index (Phi) is 4.51. The summed E-state index contributed by atoms with van der Waals surface area (Å²) < 4.78 is 11.4. The van der Waals surface area contributed by atoms with Crippen LogP contribution in [-0.2, 0) is 0 Å². The molecule has 3 N–H and O–H groups in total. The van der Waals surface area contributed by atoms with Gasteiger partial charge < -0.3 is 24.7 Å². The van der Waals surface area contributed by atoms with Gasteiger partial charge in [-0.1, -0.05) is 0 Å². The van der Waals surface area contributed by atoms with Crippen LogP contribution in [0, 0.1) is 12.8 Å². The van der Waals surface area contributed by atoms with E-state index in [1.807, 2.05) is 6.07 Å². The van der Waals surface area contributed by atoms with Crippen LogP contribution < -0.4 is 10.1 Å². The molecule has 0 unspecified atom stereocenters. The van der Waals surface area contributed by atoms with Gasteiger partial charge in [0.05, 0.1) is 30.9 Å². The zero-order valence-corrected chi connectivity index (χ0v) is 14.0. The zero-order chi connectivity index (χ0) is 17.3. The van der Waals surface area contributed by atoms with Crippen molar-refractivity contribution < 1.29 is 24.2 Å². The van der Waals surface area contributed by atoms with Gasteiger partial charge in [0.15, 0.2) is 0 Å². The minimum absolute atomic E-state index is 0.361. The number of benzene rings is 1. The highest BCUT2D eigenvalue weighted by atomic mass is 16.5. The SMILES string of the molecule is Cc1oc2ccc(OCC3CC3)cc2c1C(=O)NC(C)(CO)CO. The number of carbonyl (C=O) groups is 1. The van der Waals surface area contributed by atoms with Gasteiger partial charge in [-0.25, -0.2) is 0 Å². The monoisotopic (exact) mass is 333 g/mol. The number of ether oxygens (including phenoxy) is 1. The van der Waals surface area contributed by atoms with Crippen LogP contribution in [0.5, 0.6) is 5.75 Å². The van der Waals surface area contributed by atoms with E-state index in [9.17, 15) is 15.0 Å². The number of rotatable bonds is 7. The molecule has 0 saturated heterocycles. The normalized spacial score (nSPS) is 14.8. The molecule has 1 aliphatic carbocycles. The topological polar surface area (TPSA) is 91.9 Å². The van der Waals surface area contributed by atoms with Crippen LogP contribution >= 0.6 is 0 Å². The zero-order valence-electron chi connectivity index (χ0n) is 14.0. The second-order valence-electron chi connectivity index (χ2n) is 6.78. The van der Waals surface area contributed by atoms with Crippen molar-refractivity contribution in [3.05, 3.63) is 29.5 Å².